The smallest absolute Gasteiger partial charge is 0.338 e. The van der Waals surface area contributed by atoms with E-state index < -0.39 is 30.3 Å². The molecule has 0 spiro atoms. The number of nitriles is 1. The van der Waals surface area contributed by atoms with E-state index in [-0.39, 0.29) is 18.7 Å². The lowest BCUT2D eigenvalue weighted by Gasteiger charge is -2.49. The molecule has 4 aromatic rings. The van der Waals surface area contributed by atoms with Crippen molar-refractivity contribution in [3.63, 3.8) is 0 Å². The quantitative estimate of drug-likeness (QED) is 0.264. The Morgan fingerprint density at radius 2 is 1.83 bits per heavy atom. The van der Waals surface area contributed by atoms with Gasteiger partial charge in [0.1, 0.15) is 11.3 Å². The van der Waals surface area contributed by atoms with Crippen molar-refractivity contribution in [3.8, 4) is 28.5 Å². The Labute approximate surface area is 239 Å². The first-order valence-corrected chi connectivity index (χ1v) is 13.8. The van der Waals surface area contributed by atoms with Crippen LogP contribution in [0.15, 0.2) is 55.1 Å². The van der Waals surface area contributed by atoms with Crippen LogP contribution in [0, 0.1) is 17.2 Å². The summed E-state index contributed by atoms with van der Waals surface area (Å²) in [6.45, 7) is 0.919. The summed E-state index contributed by atoms with van der Waals surface area (Å²) >= 11 is 0. The van der Waals surface area contributed by atoms with Crippen molar-refractivity contribution in [2.45, 2.75) is 56.7 Å². The van der Waals surface area contributed by atoms with E-state index in [1.807, 2.05) is 23.2 Å². The van der Waals surface area contributed by atoms with Crippen molar-refractivity contribution in [2.24, 2.45) is 5.92 Å². The molecule has 12 heteroatoms. The number of likely N-dealkylation sites (tertiary alicyclic amines) is 1. The summed E-state index contributed by atoms with van der Waals surface area (Å²) in [5.41, 5.74) is 3.64. The number of halogens is 3. The van der Waals surface area contributed by atoms with Gasteiger partial charge in [-0.25, -0.2) is 9.50 Å². The molecule has 1 aliphatic heterocycles. The minimum atomic E-state index is -4.36. The number of Topliss-reactive ketones (excluding diaryl/α,β-unsaturated/α-hetero) is 1. The van der Waals surface area contributed by atoms with Gasteiger partial charge in [-0.15, -0.1) is 0 Å². The van der Waals surface area contributed by atoms with Crippen molar-refractivity contribution in [3.05, 3.63) is 60.7 Å². The molecular formula is C30H28F3N7O2. The molecule has 42 heavy (non-hydrogen) atoms. The summed E-state index contributed by atoms with van der Waals surface area (Å²) < 4.78 is 40.9. The van der Waals surface area contributed by atoms with E-state index in [4.69, 9.17) is 0 Å². The van der Waals surface area contributed by atoms with Crippen LogP contribution in [0.25, 0.3) is 28.0 Å². The number of aromatic nitrogens is 5. The first-order valence-electron chi connectivity index (χ1n) is 13.8. The van der Waals surface area contributed by atoms with Crippen LogP contribution in [0.3, 0.4) is 0 Å². The Balaban J connectivity index is 1.17. The average Bonchev–Trinajstić information content (AvgIpc) is 3.42. The maximum atomic E-state index is 12.5. The number of ketones is 1. The zero-order valence-electron chi connectivity index (χ0n) is 22.7. The Morgan fingerprint density at radius 3 is 2.57 bits per heavy atom. The van der Waals surface area contributed by atoms with E-state index in [0.717, 1.165) is 29.5 Å². The van der Waals surface area contributed by atoms with Crippen molar-refractivity contribution >= 4 is 17.3 Å². The standard InChI is InChI=1S/C30H28F3N7O2/c31-30(32,33)7-6-25(41)11-21-2-1-3-22(10-21)26-16-35-27-13-23(14-37-40(26)27)24-15-36-39(17-24)29(8-9-34)18-38(19-29)28(42)12-20-4-5-20/h1-3,10,13-17,20H,4-8,11-12,18-19H2. The molecular weight excluding hydrogens is 547 g/mol. The summed E-state index contributed by atoms with van der Waals surface area (Å²) in [5.74, 6) is 0.180. The highest BCUT2D eigenvalue weighted by Crippen LogP contribution is 2.38. The SMILES string of the molecule is N#CCC1(n2cc(-c3cnn4c(-c5cccc(CC(=O)CCC(F)(F)F)c5)cnc4c3)cn2)CN(C(=O)CC2CC2)C1. The average molecular weight is 576 g/mol. The second-order valence-electron chi connectivity index (χ2n) is 11.3. The molecule has 6 rings (SSSR count). The van der Waals surface area contributed by atoms with Gasteiger partial charge in [0.2, 0.25) is 5.91 Å². The normalized spacial score (nSPS) is 16.3. The first-order chi connectivity index (χ1) is 20.1. The molecule has 0 atom stereocenters. The Kier molecular flexibility index (Phi) is 7.04. The fourth-order valence-electron chi connectivity index (χ4n) is 5.42. The lowest BCUT2D eigenvalue weighted by Crippen LogP contribution is -2.64. The molecule has 0 radical (unpaired) electrons. The molecule has 1 aliphatic carbocycles. The van der Waals surface area contributed by atoms with Crippen LogP contribution >= 0.6 is 0 Å². The van der Waals surface area contributed by atoms with Crippen LogP contribution in [0.1, 0.15) is 44.1 Å². The topological polar surface area (TPSA) is 109 Å². The third kappa shape index (κ3) is 5.77. The molecule has 0 N–H and O–H groups in total. The second kappa shape index (κ2) is 10.7. The van der Waals surface area contributed by atoms with Crippen LogP contribution in [0.2, 0.25) is 0 Å². The lowest BCUT2D eigenvalue weighted by molar-refractivity contribution is -0.143. The molecule has 4 heterocycles. The predicted octanol–water partition coefficient (Wildman–Crippen LogP) is 4.97. The number of rotatable bonds is 10. The van der Waals surface area contributed by atoms with Crippen molar-refractivity contribution in [2.75, 3.05) is 13.1 Å². The molecule has 0 bridgehead atoms. The highest BCUT2D eigenvalue weighted by Gasteiger charge is 2.48. The fraction of sp³-hybridized carbons (Fsp3) is 0.400. The maximum Gasteiger partial charge on any atom is 0.389 e. The number of carbonyl (C=O) groups is 2. The molecule has 1 saturated heterocycles. The maximum absolute atomic E-state index is 12.5. The zero-order valence-corrected chi connectivity index (χ0v) is 22.7. The molecule has 1 saturated carbocycles. The number of hydrogen-bond acceptors (Lipinski definition) is 6. The third-order valence-corrected chi connectivity index (χ3v) is 7.97. The third-order valence-electron chi connectivity index (χ3n) is 7.97. The van der Waals surface area contributed by atoms with Gasteiger partial charge < -0.3 is 4.90 Å². The highest BCUT2D eigenvalue weighted by molar-refractivity contribution is 5.81. The van der Waals surface area contributed by atoms with Crippen LogP contribution in [-0.4, -0.2) is 60.2 Å². The second-order valence-corrected chi connectivity index (χ2v) is 11.3. The van der Waals surface area contributed by atoms with Crippen LogP contribution in [0.4, 0.5) is 13.2 Å². The Bertz CT molecular complexity index is 1690. The van der Waals surface area contributed by atoms with E-state index in [0.29, 0.717) is 42.3 Å². The zero-order chi connectivity index (χ0) is 29.5. The van der Waals surface area contributed by atoms with Crippen LogP contribution in [0.5, 0.6) is 0 Å². The van der Waals surface area contributed by atoms with Gasteiger partial charge in [-0.3, -0.25) is 14.3 Å². The van der Waals surface area contributed by atoms with E-state index >= 15 is 0 Å². The molecule has 216 valence electrons. The van der Waals surface area contributed by atoms with Gasteiger partial charge in [0, 0.05) is 55.2 Å². The van der Waals surface area contributed by atoms with Gasteiger partial charge in [0.05, 0.1) is 43.2 Å². The molecule has 1 aromatic carbocycles. The summed E-state index contributed by atoms with van der Waals surface area (Å²) in [4.78, 5) is 30.9. The molecule has 9 nitrogen and oxygen atoms in total. The number of nitrogens with zero attached hydrogens (tertiary/aromatic N) is 7. The number of alkyl halides is 3. The van der Waals surface area contributed by atoms with E-state index in [2.05, 4.69) is 21.3 Å². The summed E-state index contributed by atoms with van der Waals surface area (Å²) in [6.07, 6.45) is 3.88. The van der Waals surface area contributed by atoms with Gasteiger partial charge in [0.25, 0.3) is 0 Å². The Hall–Kier alpha value is -4.53. The number of amides is 1. The number of benzene rings is 1. The van der Waals surface area contributed by atoms with Crippen LogP contribution in [-0.2, 0) is 21.5 Å². The first kappa shape index (κ1) is 27.6. The van der Waals surface area contributed by atoms with Crippen molar-refractivity contribution < 1.29 is 22.8 Å². The van der Waals surface area contributed by atoms with Crippen molar-refractivity contribution in [1.29, 1.82) is 5.26 Å². The predicted molar refractivity (Wildman–Crippen MR) is 146 cm³/mol. The lowest BCUT2D eigenvalue weighted by atomic mass is 9.86. The minimum Gasteiger partial charge on any atom is -0.338 e. The van der Waals surface area contributed by atoms with Gasteiger partial charge in [0.15, 0.2) is 5.65 Å². The number of fused-ring (bicyclic) bond motifs is 1. The summed E-state index contributed by atoms with van der Waals surface area (Å²) in [7, 11) is 0. The molecule has 1 amide bonds. The van der Waals surface area contributed by atoms with E-state index in [1.54, 1.807) is 46.0 Å². The molecule has 2 fully saturated rings. The monoisotopic (exact) mass is 575 g/mol. The summed E-state index contributed by atoms with van der Waals surface area (Å²) in [5, 5.41) is 18.6. The summed E-state index contributed by atoms with van der Waals surface area (Å²) in [6, 6.07) is 11.2. The highest BCUT2D eigenvalue weighted by atomic mass is 19.4. The van der Waals surface area contributed by atoms with Gasteiger partial charge in [-0.1, -0.05) is 18.2 Å². The fourth-order valence-corrected chi connectivity index (χ4v) is 5.42. The van der Waals surface area contributed by atoms with Crippen LogP contribution < -0.4 is 0 Å². The number of imidazole rings is 1. The number of hydrogen-bond donors (Lipinski definition) is 0. The molecule has 0 unspecified atom stereocenters. The minimum absolute atomic E-state index is 0.0814. The van der Waals surface area contributed by atoms with E-state index in [9.17, 15) is 28.0 Å². The van der Waals surface area contributed by atoms with Crippen molar-refractivity contribution in [1.82, 2.24) is 29.3 Å². The van der Waals surface area contributed by atoms with E-state index in [1.165, 1.54) is 0 Å². The largest absolute Gasteiger partial charge is 0.389 e. The molecule has 3 aromatic heterocycles. The van der Waals surface area contributed by atoms with Gasteiger partial charge in [-0.05, 0) is 36.5 Å². The number of carbonyl (C=O) groups excluding carboxylic acids is 2. The Morgan fingerprint density at radius 1 is 1.05 bits per heavy atom. The molecule has 2 aliphatic rings. The van der Waals surface area contributed by atoms with Gasteiger partial charge >= 0.3 is 6.18 Å². The van der Waals surface area contributed by atoms with Gasteiger partial charge in [-0.2, -0.15) is 28.6 Å².